The molecule has 1 aromatic carbocycles. The van der Waals surface area contributed by atoms with E-state index in [1.807, 2.05) is 0 Å². The van der Waals surface area contributed by atoms with Gasteiger partial charge in [0.15, 0.2) is 0 Å². The molecule has 20 heavy (non-hydrogen) atoms. The molecular formula is C13H16BrF3N2O. The van der Waals surface area contributed by atoms with Crippen LogP contribution < -0.4 is 10.6 Å². The number of halogens is 4. The first-order valence-corrected chi connectivity index (χ1v) is 6.84. The molecule has 0 aromatic heterocycles. The van der Waals surface area contributed by atoms with Gasteiger partial charge in [-0.2, -0.15) is 13.2 Å². The smallest absolute Gasteiger partial charge is 0.373 e. The van der Waals surface area contributed by atoms with Crippen LogP contribution in [0.1, 0.15) is 26.3 Å². The number of rotatable bonds is 4. The van der Waals surface area contributed by atoms with Crippen molar-refractivity contribution in [1.29, 1.82) is 0 Å². The van der Waals surface area contributed by atoms with Crippen molar-refractivity contribution in [3.05, 3.63) is 28.2 Å². The number of carbonyl (C=O) groups excluding carboxylic acids is 1. The van der Waals surface area contributed by atoms with E-state index < -0.39 is 17.8 Å². The molecule has 0 spiro atoms. The van der Waals surface area contributed by atoms with Crippen molar-refractivity contribution >= 4 is 27.5 Å². The van der Waals surface area contributed by atoms with Crippen molar-refractivity contribution in [3.63, 3.8) is 0 Å². The fourth-order valence-electron chi connectivity index (χ4n) is 1.59. The Bertz CT molecular complexity index is 489. The molecule has 2 N–H and O–H groups in total. The minimum atomic E-state index is -4.47. The van der Waals surface area contributed by atoms with Crippen LogP contribution in [0.4, 0.5) is 18.9 Å². The molecule has 1 aromatic rings. The average Bonchev–Trinajstić information content (AvgIpc) is 2.26. The van der Waals surface area contributed by atoms with Gasteiger partial charge < -0.3 is 10.6 Å². The van der Waals surface area contributed by atoms with Gasteiger partial charge in [0.2, 0.25) is 5.91 Å². The number of alkyl halides is 3. The minimum Gasteiger partial charge on any atom is -0.373 e. The summed E-state index contributed by atoms with van der Waals surface area (Å²) in [5.41, 5.74) is -0.928. The van der Waals surface area contributed by atoms with Crippen molar-refractivity contribution in [3.8, 4) is 0 Å². The van der Waals surface area contributed by atoms with Crippen molar-refractivity contribution in [2.75, 3.05) is 5.32 Å². The van der Waals surface area contributed by atoms with E-state index in [4.69, 9.17) is 0 Å². The molecule has 0 radical (unpaired) electrons. The lowest BCUT2D eigenvalue weighted by atomic mass is 10.1. The molecule has 3 nitrogen and oxygen atoms in total. The number of hydrogen-bond acceptors (Lipinski definition) is 2. The first-order chi connectivity index (χ1) is 9.11. The van der Waals surface area contributed by atoms with E-state index in [-0.39, 0.29) is 17.6 Å². The second kappa shape index (κ2) is 6.47. The Morgan fingerprint density at radius 1 is 1.25 bits per heavy atom. The molecule has 0 aliphatic heterocycles. The SMILES string of the molecule is CC(C)NC(=O)C(C)Nc1cc(Br)ccc1C(F)(F)F. The molecule has 0 aliphatic rings. The maximum absolute atomic E-state index is 12.9. The molecule has 1 rings (SSSR count). The molecule has 0 fully saturated rings. The summed E-state index contributed by atoms with van der Waals surface area (Å²) < 4.78 is 39.2. The van der Waals surface area contributed by atoms with Gasteiger partial charge in [-0.05, 0) is 39.0 Å². The van der Waals surface area contributed by atoms with Crippen LogP contribution in [0.2, 0.25) is 0 Å². The zero-order valence-corrected chi connectivity index (χ0v) is 12.9. The van der Waals surface area contributed by atoms with Gasteiger partial charge in [0.1, 0.15) is 6.04 Å². The van der Waals surface area contributed by atoms with Gasteiger partial charge in [0, 0.05) is 16.2 Å². The third-order valence-corrected chi connectivity index (χ3v) is 2.98. The molecule has 1 atom stereocenters. The molecule has 0 heterocycles. The lowest BCUT2D eigenvalue weighted by Gasteiger charge is -2.20. The highest BCUT2D eigenvalue weighted by atomic mass is 79.9. The summed E-state index contributed by atoms with van der Waals surface area (Å²) in [6.45, 7) is 5.08. The van der Waals surface area contributed by atoms with Crippen LogP contribution in [0.3, 0.4) is 0 Å². The predicted octanol–water partition coefficient (Wildman–Crippen LogP) is 3.79. The highest BCUT2D eigenvalue weighted by Gasteiger charge is 2.34. The molecule has 0 bridgehead atoms. The fraction of sp³-hybridized carbons (Fsp3) is 0.462. The standard InChI is InChI=1S/C13H16BrF3N2O/c1-7(2)18-12(20)8(3)19-11-6-9(14)4-5-10(11)13(15,16)17/h4-8,19H,1-3H3,(H,18,20). The van der Waals surface area contributed by atoms with E-state index in [0.29, 0.717) is 4.47 Å². The van der Waals surface area contributed by atoms with Crippen molar-refractivity contribution < 1.29 is 18.0 Å². The highest BCUT2D eigenvalue weighted by Crippen LogP contribution is 2.36. The lowest BCUT2D eigenvalue weighted by molar-refractivity contribution is -0.137. The average molecular weight is 353 g/mol. The Balaban J connectivity index is 2.96. The zero-order valence-electron chi connectivity index (χ0n) is 11.3. The Hall–Kier alpha value is -1.24. The number of carbonyl (C=O) groups is 1. The van der Waals surface area contributed by atoms with E-state index >= 15 is 0 Å². The van der Waals surface area contributed by atoms with E-state index in [1.165, 1.54) is 19.1 Å². The molecule has 0 saturated heterocycles. The van der Waals surface area contributed by atoms with Crippen LogP contribution in [0, 0.1) is 0 Å². The number of anilines is 1. The van der Waals surface area contributed by atoms with Gasteiger partial charge in [-0.25, -0.2) is 0 Å². The largest absolute Gasteiger partial charge is 0.418 e. The summed E-state index contributed by atoms with van der Waals surface area (Å²) in [5.74, 6) is -0.354. The van der Waals surface area contributed by atoms with Crippen LogP contribution in [0.25, 0.3) is 0 Å². The maximum atomic E-state index is 12.9. The van der Waals surface area contributed by atoms with Crippen LogP contribution in [-0.2, 0) is 11.0 Å². The zero-order chi connectivity index (χ0) is 15.5. The summed E-state index contributed by atoms with van der Waals surface area (Å²) in [6.07, 6.45) is -4.47. The quantitative estimate of drug-likeness (QED) is 0.865. The second-order valence-electron chi connectivity index (χ2n) is 4.72. The third kappa shape index (κ3) is 4.70. The van der Waals surface area contributed by atoms with Crippen molar-refractivity contribution in [2.24, 2.45) is 0 Å². The number of amides is 1. The van der Waals surface area contributed by atoms with Crippen LogP contribution in [-0.4, -0.2) is 18.0 Å². The molecule has 7 heteroatoms. The van der Waals surface area contributed by atoms with Gasteiger partial charge in [-0.1, -0.05) is 15.9 Å². The van der Waals surface area contributed by atoms with E-state index in [9.17, 15) is 18.0 Å². The normalized spacial score (nSPS) is 13.2. The van der Waals surface area contributed by atoms with E-state index in [0.717, 1.165) is 6.07 Å². The molecule has 112 valence electrons. The topological polar surface area (TPSA) is 41.1 Å². The summed E-state index contributed by atoms with van der Waals surface area (Å²) in [5, 5.41) is 5.24. The molecule has 0 aliphatic carbocycles. The predicted molar refractivity (Wildman–Crippen MR) is 75.5 cm³/mol. The first-order valence-electron chi connectivity index (χ1n) is 6.05. The van der Waals surface area contributed by atoms with Gasteiger partial charge >= 0.3 is 6.18 Å². The van der Waals surface area contributed by atoms with E-state index in [1.54, 1.807) is 13.8 Å². The summed E-state index contributed by atoms with van der Waals surface area (Å²) in [4.78, 5) is 11.7. The van der Waals surface area contributed by atoms with Gasteiger partial charge in [-0.3, -0.25) is 4.79 Å². The minimum absolute atomic E-state index is 0.0728. The molecule has 1 unspecified atom stereocenters. The maximum Gasteiger partial charge on any atom is 0.418 e. The molecule has 0 saturated carbocycles. The summed E-state index contributed by atoms with van der Waals surface area (Å²) in [6, 6.07) is 2.75. The van der Waals surface area contributed by atoms with Gasteiger partial charge in [0.05, 0.1) is 5.56 Å². The lowest BCUT2D eigenvalue weighted by Crippen LogP contribution is -2.41. The van der Waals surface area contributed by atoms with Crippen LogP contribution in [0.15, 0.2) is 22.7 Å². The third-order valence-electron chi connectivity index (χ3n) is 2.48. The number of benzene rings is 1. The van der Waals surface area contributed by atoms with Gasteiger partial charge in [0.25, 0.3) is 0 Å². The molecular weight excluding hydrogens is 337 g/mol. The van der Waals surface area contributed by atoms with Crippen molar-refractivity contribution in [1.82, 2.24) is 5.32 Å². The van der Waals surface area contributed by atoms with E-state index in [2.05, 4.69) is 26.6 Å². The monoisotopic (exact) mass is 352 g/mol. The Morgan fingerprint density at radius 3 is 2.35 bits per heavy atom. The highest BCUT2D eigenvalue weighted by molar-refractivity contribution is 9.10. The number of hydrogen-bond donors (Lipinski definition) is 2. The summed E-state index contributed by atoms with van der Waals surface area (Å²) in [7, 11) is 0. The first kappa shape index (κ1) is 16.8. The Morgan fingerprint density at radius 2 is 1.85 bits per heavy atom. The fourth-order valence-corrected chi connectivity index (χ4v) is 1.95. The van der Waals surface area contributed by atoms with Crippen LogP contribution >= 0.6 is 15.9 Å². The summed E-state index contributed by atoms with van der Waals surface area (Å²) >= 11 is 3.12. The Labute approximate surface area is 124 Å². The van der Waals surface area contributed by atoms with Gasteiger partial charge in [-0.15, -0.1) is 0 Å². The second-order valence-corrected chi connectivity index (χ2v) is 5.63. The Kier molecular flexibility index (Phi) is 5.44. The molecule has 1 amide bonds. The van der Waals surface area contributed by atoms with Crippen LogP contribution in [0.5, 0.6) is 0 Å². The van der Waals surface area contributed by atoms with Crippen molar-refractivity contribution in [2.45, 2.75) is 39.0 Å². The number of nitrogens with one attached hydrogen (secondary N) is 2.